The van der Waals surface area contributed by atoms with Crippen LogP contribution >= 0.6 is 0 Å². The summed E-state index contributed by atoms with van der Waals surface area (Å²) in [4.78, 5) is 21.4. The van der Waals surface area contributed by atoms with Crippen LogP contribution in [0.25, 0.3) is 10.9 Å². The lowest BCUT2D eigenvalue weighted by molar-refractivity contribution is -0.114. The van der Waals surface area contributed by atoms with Gasteiger partial charge in [0.1, 0.15) is 5.82 Å². The molecular formula is C25H32N6O. The van der Waals surface area contributed by atoms with Crippen LogP contribution in [0.15, 0.2) is 59.9 Å². The van der Waals surface area contributed by atoms with Gasteiger partial charge in [0, 0.05) is 56.0 Å². The van der Waals surface area contributed by atoms with Gasteiger partial charge in [0.2, 0.25) is 0 Å². The van der Waals surface area contributed by atoms with Crippen molar-refractivity contribution in [3.8, 4) is 0 Å². The number of benzene rings is 1. The fraction of sp³-hybridized carbons (Fsp3) is 0.440. The van der Waals surface area contributed by atoms with Gasteiger partial charge in [-0.15, -0.1) is 0 Å². The SMILES string of the molecule is O=C1C=C2NC(NCCCCN3CCN(c4ccc5ccccc5n4)CC3)NC=C2CC1. The van der Waals surface area contributed by atoms with Crippen LogP contribution in [0, 0.1) is 0 Å². The molecule has 3 heterocycles. The molecule has 5 rings (SSSR count). The van der Waals surface area contributed by atoms with Crippen LogP contribution in [0.3, 0.4) is 0 Å². The maximum atomic E-state index is 11.6. The van der Waals surface area contributed by atoms with Crippen molar-refractivity contribution in [3.63, 3.8) is 0 Å². The monoisotopic (exact) mass is 432 g/mol. The first-order valence-electron chi connectivity index (χ1n) is 11.8. The standard InChI is InChI=1S/C25H32N6O/c32-21-9-7-20-18-27-25(29-23(20)17-21)26-11-3-4-12-30-13-15-31(16-14-30)24-10-8-19-5-1-2-6-22(19)28-24/h1-2,5-6,8,10,17-18,25-27,29H,3-4,7,9,11-16H2. The van der Waals surface area contributed by atoms with E-state index in [4.69, 9.17) is 4.98 Å². The third-order valence-corrected chi connectivity index (χ3v) is 6.55. The van der Waals surface area contributed by atoms with Gasteiger partial charge in [-0.3, -0.25) is 15.0 Å². The number of anilines is 1. The third kappa shape index (κ3) is 4.95. The molecule has 7 nitrogen and oxygen atoms in total. The van der Waals surface area contributed by atoms with Gasteiger partial charge in [-0.2, -0.15) is 0 Å². The van der Waals surface area contributed by atoms with E-state index in [2.05, 4.69) is 62.1 Å². The number of nitrogens with zero attached hydrogens (tertiary/aromatic N) is 3. The van der Waals surface area contributed by atoms with Crippen molar-refractivity contribution in [3.05, 3.63) is 59.9 Å². The van der Waals surface area contributed by atoms with Gasteiger partial charge in [0.25, 0.3) is 0 Å². The van der Waals surface area contributed by atoms with Gasteiger partial charge < -0.3 is 15.5 Å². The summed E-state index contributed by atoms with van der Waals surface area (Å²) >= 11 is 0. The molecule has 0 bridgehead atoms. The Labute approximate surface area is 189 Å². The van der Waals surface area contributed by atoms with Gasteiger partial charge >= 0.3 is 0 Å². The van der Waals surface area contributed by atoms with Crippen molar-refractivity contribution in [2.75, 3.05) is 44.2 Å². The normalized spacial score (nSPS) is 21.4. The third-order valence-electron chi connectivity index (χ3n) is 6.55. The summed E-state index contributed by atoms with van der Waals surface area (Å²) in [6, 6.07) is 12.6. The number of fused-ring (bicyclic) bond motifs is 2. The topological polar surface area (TPSA) is 72.5 Å². The first kappa shape index (κ1) is 21.0. The Hall–Kier alpha value is -2.90. The van der Waals surface area contributed by atoms with E-state index >= 15 is 0 Å². The fourth-order valence-electron chi connectivity index (χ4n) is 4.63. The van der Waals surface area contributed by atoms with Gasteiger partial charge in [0.05, 0.1) is 5.52 Å². The zero-order chi connectivity index (χ0) is 21.8. The first-order valence-corrected chi connectivity index (χ1v) is 11.8. The number of nitrogens with one attached hydrogen (secondary N) is 3. The number of piperazine rings is 1. The second-order valence-corrected chi connectivity index (χ2v) is 8.79. The Balaban J connectivity index is 1.000. The Morgan fingerprint density at radius 2 is 1.91 bits per heavy atom. The molecule has 0 saturated carbocycles. The molecule has 7 heteroatoms. The molecule has 1 atom stereocenters. The average Bonchev–Trinajstić information content (AvgIpc) is 2.83. The summed E-state index contributed by atoms with van der Waals surface area (Å²) in [6.07, 6.45) is 7.50. The highest BCUT2D eigenvalue weighted by Crippen LogP contribution is 2.22. The van der Waals surface area contributed by atoms with E-state index in [0.717, 1.165) is 69.1 Å². The van der Waals surface area contributed by atoms with Crippen molar-refractivity contribution in [1.29, 1.82) is 0 Å². The predicted octanol–water partition coefficient (Wildman–Crippen LogP) is 2.33. The minimum Gasteiger partial charge on any atom is -0.359 e. The van der Waals surface area contributed by atoms with Crippen molar-refractivity contribution < 1.29 is 4.79 Å². The zero-order valence-electron chi connectivity index (χ0n) is 18.5. The lowest BCUT2D eigenvalue weighted by Crippen LogP contribution is -2.53. The van der Waals surface area contributed by atoms with E-state index in [1.54, 1.807) is 6.08 Å². The second kappa shape index (κ2) is 9.71. The number of aromatic nitrogens is 1. The number of unbranched alkanes of at least 4 members (excludes halogenated alkanes) is 1. The number of carbonyl (C=O) groups excluding carboxylic acids is 1. The van der Waals surface area contributed by atoms with Crippen LogP contribution in [0.4, 0.5) is 5.82 Å². The summed E-state index contributed by atoms with van der Waals surface area (Å²) in [5, 5.41) is 11.4. The number of allylic oxidation sites excluding steroid dienone is 2. The average molecular weight is 433 g/mol. The molecule has 0 amide bonds. The molecule has 1 aromatic carbocycles. The second-order valence-electron chi connectivity index (χ2n) is 8.79. The van der Waals surface area contributed by atoms with E-state index < -0.39 is 0 Å². The van der Waals surface area contributed by atoms with Crippen molar-refractivity contribution >= 4 is 22.5 Å². The van der Waals surface area contributed by atoms with Crippen LogP contribution in [-0.2, 0) is 4.79 Å². The van der Waals surface area contributed by atoms with Gasteiger partial charge in [-0.05, 0) is 56.1 Å². The minimum absolute atomic E-state index is 0.00565. The maximum Gasteiger partial charge on any atom is 0.158 e. The molecule has 3 N–H and O–H groups in total. The Morgan fingerprint density at radius 3 is 2.81 bits per heavy atom. The van der Waals surface area contributed by atoms with Crippen molar-refractivity contribution in [1.82, 2.24) is 25.8 Å². The molecule has 1 unspecified atom stereocenters. The smallest absolute Gasteiger partial charge is 0.158 e. The molecule has 1 fully saturated rings. The van der Waals surface area contributed by atoms with E-state index in [9.17, 15) is 4.79 Å². The molecule has 3 aliphatic rings. The number of ketones is 1. The van der Waals surface area contributed by atoms with Crippen LogP contribution in [0.1, 0.15) is 25.7 Å². The number of hydrogen-bond donors (Lipinski definition) is 3. The van der Waals surface area contributed by atoms with Gasteiger partial charge in [0.15, 0.2) is 12.1 Å². The Morgan fingerprint density at radius 1 is 1.03 bits per heavy atom. The first-order chi connectivity index (χ1) is 15.7. The van der Waals surface area contributed by atoms with Gasteiger partial charge in [-0.25, -0.2) is 4.98 Å². The maximum absolute atomic E-state index is 11.6. The Bertz CT molecular complexity index is 1020. The minimum atomic E-state index is -0.00565. The number of para-hydroxylation sites is 1. The summed E-state index contributed by atoms with van der Waals surface area (Å²) < 4.78 is 0. The van der Waals surface area contributed by atoms with Gasteiger partial charge in [-0.1, -0.05) is 18.2 Å². The van der Waals surface area contributed by atoms with E-state index in [1.165, 1.54) is 17.4 Å². The van der Waals surface area contributed by atoms with Crippen LogP contribution in [-0.4, -0.2) is 61.2 Å². The molecule has 168 valence electrons. The number of hydrogen-bond acceptors (Lipinski definition) is 7. The molecule has 1 aromatic heterocycles. The zero-order valence-corrected chi connectivity index (χ0v) is 18.5. The number of carbonyl (C=O) groups is 1. The van der Waals surface area contributed by atoms with E-state index in [1.807, 2.05) is 6.20 Å². The predicted molar refractivity (Wildman–Crippen MR) is 128 cm³/mol. The molecule has 1 saturated heterocycles. The van der Waals surface area contributed by atoms with Crippen LogP contribution in [0.5, 0.6) is 0 Å². The summed E-state index contributed by atoms with van der Waals surface area (Å²) in [5.74, 6) is 1.30. The quantitative estimate of drug-likeness (QED) is 0.580. The van der Waals surface area contributed by atoms with Crippen LogP contribution < -0.4 is 20.9 Å². The van der Waals surface area contributed by atoms with E-state index in [0.29, 0.717) is 6.42 Å². The molecule has 0 spiro atoms. The summed E-state index contributed by atoms with van der Waals surface area (Å²) in [5.41, 5.74) is 3.23. The molecule has 1 aliphatic carbocycles. The lowest BCUT2D eigenvalue weighted by Gasteiger charge is -2.35. The molecular weight excluding hydrogens is 400 g/mol. The highest BCUT2D eigenvalue weighted by Gasteiger charge is 2.21. The Kier molecular flexibility index (Phi) is 6.36. The molecule has 32 heavy (non-hydrogen) atoms. The summed E-state index contributed by atoms with van der Waals surface area (Å²) in [7, 11) is 0. The molecule has 2 aliphatic heterocycles. The van der Waals surface area contributed by atoms with Crippen molar-refractivity contribution in [2.45, 2.75) is 32.0 Å². The number of rotatable bonds is 7. The highest BCUT2D eigenvalue weighted by atomic mass is 16.1. The molecule has 2 aromatic rings. The molecule has 0 radical (unpaired) electrons. The van der Waals surface area contributed by atoms with E-state index in [-0.39, 0.29) is 12.1 Å². The lowest BCUT2D eigenvalue weighted by atomic mass is 9.97. The number of pyridine rings is 1. The largest absolute Gasteiger partial charge is 0.359 e. The summed E-state index contributed by atoms with van der Waals surface area (Å²) in [6.45, 7) is 6.31. The fourth-order valence-corrected chi connectivity index (χ4v) is 4.63. The highest BCUT2D eigenvalue weighted by molar-refractivity contribution is 5.92. The van der Waals surface area contributed by atoms with Crippen molar-refractivity contribution in [2.24, 2.45) is 0 Å². The van der Waals surface area contributed by atoms with Crippen LogP contribution in [0.2, 0.25) is 0 Å².